The Bertz CT molecular complexity index is 2310. The molecule has 2 heteroatoms. The fraction of sp³-hybridized carbons (Fsp3) is 0.0250. The molecule has 1 spiro atoms. The Kier molecular flexibility index (Phi) is 4.63. The highest BCUT2D eigenvalue weighted by Gasteiger charge is 2.49. The summed E-state index contributed by atoms with van der Waals surface area (Å²) in [4.78, 5) is 3.59. The summed E-state index contributed by atoms with van der Waals surface area (Å²) >= 11 is 0. The molecule has 42 heavy (non-hydrogen) atoms. The van der Waals surface area contributed by atoms with Crippen LogP contribution in [0.25, 0.3) is 61.2 Å². The van der Waals surface area contributed by atoms with Gasteiger partial charge >= 0.3 is 0 Å². The lowest BCUT2D eigenvalue weighted by Crippen LogP contribution is -2.30. The zero-order chi connectivity index (χ0) is 27.8. The number of rotatable bonds is 1. The normalized spacial score (nSPS) is 16.1. The largest absolute Gasteiger partial charge is 0.455 e. The SMILES string of the molecule is [C-]#[N+]c1ccc(-c2ccc3c(c2)C2(c4ccccc4C=C3)c3ccccc3-c3c2ccc2c3oc3ccccc32)cc1. The lowest BCUT2D eigenvalue weighted by molar-refractivity contribution is 0.669. The van der Waals surface area contributed by atoms with Crippen LogP contribution in [0, 0.1) is 6.57 Å². The predicted octanol–water partition coefficient (Wildman–Crippen LogP) is 10.7. The molecular formula is C40H23NO. The molecule has 2 aliphatic rings. The van der Waals surface area contributed by atoms with E-state index in [1.165, 1.54) is 44.5 Å². The first-order valence-electron chi connectivity index (χ1n) is 14.2. The highest BCUT2D eigenvalue weighted by Crippen LogP contribution is 2.60. The maximum Gasteiger partial charge on any atom is 0.187 e. The van der Waals surface area contributed by atoms with Gasteiger partial charge in [0, 0.05) is 16.3 Å². The van der Waals surface area contributed by atoms with E-state index in [1.807, 2.05) is 18.2 Å². The Morgan fingerprint density at radius 2 is 1.26 bits per heavy atom. The Hall–Kier alpha value is -5.65. The van der Waals surface area contributed by atoms with Crippen molar-refractivity contribution < 1.29 is 4.42 Å². The van der Waals surface area contributed by atoms with Crippen molar-refractivity contribution in [1.82, 2.24) is 0 Å². The molecule has 0 aliphatic heterocycles. The van der Waals surface area contributed by atoms with Gasteiger partial charge in [-0.25, -0.2) is 4.85 Å². The van der Waals surface area contributed by atoms with Crippen LogP contribution in [-0.4, -0.2) is 0 Å². The van der Waals surface area contributed by atoms with Crippen molar-refractivity contribution in [3.8, 4) is 22.3 Å². The molecule has 1 aromatic heterocycles. The Labute approximate surface area is 243 Å². The van der Waals surface area contributed by atoms with Gasteiger partial charge in [0.1, 0.15) is 11.2 Å². The fourth-order valence-electron chi connectivity index (χ4n) is 7.37. The summed E-state index contributed by atoms with van der Waals surface area (Å²) in [5.74, 6) is 0. The van der Waals surface area contributed by atoms with Crippen molar-refractivity contribution in [2.45, 2.75) is 5.41 Å². The molecule has 0 amide bonds. The minimum Gasteiger partial charge on any atom is -0.455 e. The molecule has 6 aromatic carbocycles. The van der Waals surface area contributed by atoms with E-state index >= 15 is 0 Å². The van der Waals surface area contributed by atoms with E-state index in [9.17, 15) is 0 Å². The van der Waals surface area contributed by atoms with Crippen LogP contribution >= 0.6 is 0 Å². The molecule has 0 radical (unpaired) electrons. The van der Waals surface area contributed by atoms with Gasteiger partial charge in [0.15, 0.2) is 5.69 Å². The predicted molar refractivity (Wildman–Crippen MR) is 172 cm³/mol. The van der Waals surface area contributed by atoms with Crippen LogP contribution in [0.4, 0.5) is 5.69 Å². The molecule has 2 aliphatic carbocycles. The van der Waals surface area contributed by atoms with Crippen LogP contribution in [0.15, 0.2) is 132 Å². The average molecular weight is 534 g/mol. The first-order chi connectivity index (χ1) is 20.8. The second kappa shape index (κ2) is 8.43. The van der Waals surface area contributed by atoms with Crippen molar-refractivity contribution >= 4 is 39.8 Å². The summed E-state index contributed by atoms with van der Waals surface area (Å²) in [6.45, 7) is 7.39. The van der Waals surface area contributed by atoms with E-state index in [1.54, 1.807) is 0 Å². The third-order valence-corrected chi connectivity index (χ3v) is 9.15. The van der Waals surface area contributed by atoms with E-state index in [-0.39, 0.29) is 0 Å². The van der Waals surface area contributed by atoms with Gasteiger partial charge in [0.05, 0.1) is 12.0 Å². The third-order valence-electron chi connectivity index (χ3n) is 9.15. The minimum atomic E-state index is -0.541. The zero-order valence-corrected chi connectivity index (χ0v) is 22.6. The molecule has 2 nitrogen and oxygen atoms in total. The summed E-state index contributed by atoms with van der Waals surface area (Å²) < 4.78 is 6.67. The highest BCUT2D eigenvalue weighted by molar-refractivity contribution is 6.12. The number of hydrogen-bond acceptors (Lipinski definition) is 1. The standard InChI is InChI=1S/C40H23NO/c1-41-29-20-18-25(19-21-29)28-17-16-27-15-14-26-8-2-5-11-33(26)40(36(27)24-28)34-12-6-3-10-32(34)38-35(40)23-22-31-30-9-4-7-13-37(30)42-39(31)38/h2-24H. The van der Waals surface area contributed by atoms with Gasteiger partial charge in [-0.15, -0.1) is 0 Å². The van der Waals surface area contributed by atoms with Crippen molar-refractivity contribution in [2.75, 3.05) is 0 Å². The molecule has 194 valence electrons. The number of nitrogens with zero attached hydrogens (tertiary/aromatic N) is 1. The van der Waals surface area contributed by atoms with E-state index in [0.29, 0.717) is 5.69 Å². The van der Waals surface area contributed by atoms with Crippen molar-refractivity contribution in [1.29, 1.82) is 0 Å². The Morgan fingerprint density at radius 3 is 2.12 bits per heavy atom. The van der Waals surface area contributed by atoms with Crippen LogP contribution in [-0.2, 0) is 5.41 Å². The summed E-state index contributed by atoms with van der Waals surface area (Å²) in [5.41, 5.74) is 14.0. The van der Waals surface area contributed by atoms with Gasteiger partial charge < -0.3 is 4.42 Å². The topological polar surface area (TPSA) is 17.5 Å². The second-order valence-electron chi connectivity index (χ2n) is 11.1. The fourth-order valence-corrected chi connectivity index (χ4v) is 7.37. The maximum absolute atomic E-state index is 7.39. The monoisotopic (exact) mass is 533 g/mol. The summed E-state index contributed by atoms with van der Waals surface area (Å²) in [5, 5.41) is 2.28. The highest BCUT2D eigenvalue weighted by atomic mass is 16.3. The van der Waals surface area contributed by atoms with Gasteiger partial charge in [-0.1, -0.05) is 127 Å². The van der Waals surface area contributed by atoms with Crippen molar-refractivity contribution in [3.05, 3.63) is 172 Å². The zero-order valence-electron chi connectivity index (χ0n) is 22.6. The Morgan fingerprint density at radius 1 is 0.548 bits per heavy atom. The number of furan rings is 1. The lowest BCUT2D eigenvalue weighted by atomic mass is 9.65. The van der Waals surface area contributed by atoms with E-state index in [2.05, 4.69) is 126 Å². The number of fused-ring (bicyclic) bond motifs is 13. The summed E-state index contributed by atoms with van der Waals surface area (Å²) in [7, 11) is 0. The number of para-hydroxylation sites is 1. The number of benzene rings is 6. The molecule has 7 aromatic rings. The molecule has 0 bridgehead atoms. The Balaban J connectivity index is 1.44. The van der Waals surface area contributed by atoms with Gasteiger partial charge in [-0.05, 0) is 62.2 Å². The van der Waals surface area contributed by atoms with Crippen molar-refractivity contribution in [3.63, 3.8) is 0 Å². The smallest absolute Gasteiger partial charge is 0.187 e. The minimum absolute atomic E-state index is 0.541. The summed E-state index contributed by atoms with van der Waals surface area (Å²) in [6.07, 6.45) is 4.52. The molecule has 1 atom stereocenters. The maximum atomic E-state index is 7.39. The number of hydrogen-bond donors (Lipinski definition) is 0. The van der Waals surface area contributed by atoms with E-state index < -0.39 is 5.41 Å². The summed E-state index contributed by atoms with van der Waals surface area (Å²) in [6, 6.07) is 45.3. The molecular weight excluding hydrogens is 510 g/mol. The quantitative estimate of drug-likeness (QED) is 0.192. The van der Waals surface area contributed by atoms with Crippen LogP contribution in [0.3, 0.4) is 0 Å². The van der Waals surface area contributed by atoms with Crippen LogP contribution in [0.1, 0.15) is 33.4 Å². The third kappa shape index (κ3) is 2.92. The van der Waals surface area contributed by atoms with Gasteiger partial charge in [0.2, 0.25) is 0 Å². The first-order valence-corrected chi connectivity index (χ1v) is 14.2. The van der Waals surface area contributed by atoms with E-state index in [4.69, 9.17) is 11.0 Å². The van der Waals surface area contributed by atoms with Gasteiger partial charge in [-0.2, -0.15) is 0 Å². The molecule has 0 fully saturated rings. The van der Waals surface area contributed by atoms with Gasteiger partial charge in [0.25, 0.3) is 0 Å². The second-order valence-corrected chi connectivity index (χ2v) is 11.1. The molecule has 0 saturated carbocycles. The molecule has 1 heterocycles. The van der Waals surface area contributed by atoms with Crippen LogP contribution < -0.4 is 0 Å². The lowest BCUT2D eigenvalue weighted by Gasteiger charge is -2.35. The van der Waals surface area contributed by atoms with Gasteiger partial charge in [-0.3, -0.25) is 0 Å². The molecule has 0 N–H and O–H groups in total. The molecule has 1 unspecified atom stereocenters. The molecule has 9 rings (SSSR count). The van der Waals surface area contributed by atoms with E-state index in [0.717, 1.165) is 33.1 Å². The van der Waals surface area contributed by atoms with Crippen LogP contribution in [0.2, 0.25) is 0 Å². The molecule has 0 saturated heterocycles. The van der Waals surface area contributed by atoms with Crippen LogP contribution in [0.5, 0.6) is 0 Å². The average Bonchev–Trinajstić information content (AvgIpc) is 3.53. The van der Waals surface area contributed by atoms with Crippen molar-refractivity contribution in [2.24, 2.45) is 0 Å². The first kappa shape index (κ1) is 23.1.